The zero-order chi connectivity index (χ0) is 23.1. The van der Waals surface area contributed by atoms with Crippen molar-refractivity contribution in [1.82, 2.24) is 15.3 Å². The molecule has 2 aliphatic carbocycles. The minimum Gasteiger partial charge on any atom is -0.446 e. The number of ether oxygens (including phenoxy) is 1. The number of hydrogen-bond acceptors (Lipinski definition) is 6. The van der Waals surface area contributed by atoms with Crippen LogP contribution >= 0.6 is 0 Å². The molecule has 3 atom stereocenters. The van der Waals surface area contributed by atoms with Crippen LogP contribution in [0.1, 0.15) is 77.6 Å². The van der Waals surface area contributed by atoms with Gasteiger partial charge in [0.15, 0.2) is 0 Å². The number of amides is 3. The van der Waals surface area contributed by atoms with Crippen molar-refractivity contribution in [3.05, 3.63) is 0 Å². The fourth-order valence-electron chi connectivity index (χ4n) is 5.55. The van der Waals surface area contributed by atoms with Gasteiger partial charge in [-0.05, 0) is 56.8 Å². The van der Waals surface area contributed by atoms with Gasteiger partial charge in [0.1, 0.15) is 12.3 Å². The van der Waals surface area contributed by atoms with E-state index in [0.717, 1.165) is 57.8 Å². The summed E-state index contributed by atoms with van der Waals surface area (Å²) in [6.07, 6.45) is 8.30. The van der Waals surface area contributed by atoms with Crippen molar-refractivity contribution < 1.29 is 29.4 Å². The van der Waals surface area contributed by atoms with E-state index >= 15 is 0 Å². The molecule has 9 nitrogen and oxygen atoms in total. The topological polar surface area (TPSA) is 119 Å². The van der Waals surface area contributed by atoms with E-state index < -0.39 is 24.3 Å². The lowest BCUT2D eigenvalue weighted by Crippen LogP contribution is -2.53. The molecular formula is C23H39N3O6. The van der Waals surface area contributed by atoms with Gasteiger partial charge in [-0.25, -0.2) is 9.86 Å². The van der Waals surface area contributed by atoms with E-state index in [1.165, 1.54) is 0 Å². The zero-order valence-electron chi connectivity index (χ0n) is 19.2. The molecule has 182 valence electrons. The van der Waals surface area contributed by atoms with Crippen LogP contribution in [0.3, 0.4) is 0 Å². The number of alkyl carbamates (subject to hydrolysis) is 1. The number of hydroxylamine groups is 2. The number of nitrogens with one attached hydrogen (secondary N) is 1. The summed E-state index contributed by atoms with van der Waals surface area (Å²) < 4.78 is 5.48. The van der Waals surface area contributed by atoms with Crippen LogP contribution in [0.5, 0.6) is 0 Å². The monoisotopic (exact) mass is 453 g/mol. The van der Waals surface area contributed by atoms with Gasteiger partial charge in [-0.2, -0.15) is 0 Å². The van der Waals surface area contributed by atoms with Gasteiger partial charge in [0.05, 0.1) is 18.5 Å². The highest BCUT2D eigenvalue weighted by atomic mass is 16.6. The number of aliphatic hydroxyl groups excluding tert-OH is 1. The highest BCUT2D eigenvalue weighted by Gasteiger charge is 2.39. The number of likely N-dealkylation sites (tertiary alicyclic amines) is 1. The lowest BCUT2D eigenvalue weighted by Gasteiger charge is -2.33. The smallest absolute Gasteiger partial charge is 0.409 e. The van der Waals surface area contributed by atoms with Crippen LogP contribution in [-0.2, 0) is 14.3 Å². The molecule has 1 aliphatic heterocycles. The van der Waals surface area contributed by atoms with Crippen molar-refractivity contribution >= 4 is 18.4 Å². The molecular weight excluding hydrogens is 414 g/mol. The molecule has 3 amide bonds. The van der Waals surface area contributed by atoms with Crippen molar-refractivity contribution in [2.75, 3.05) is 13.1 Å². The molecule has 3 aliphatic rings. The fourth-order valence-corrected chi connectivity index (χ4v) is 5.55. The predicted molar refractivity (Wildman–Crippen MR) is 116 cm³/mol. The van der Waals surface area contributed by atoms with Crippen LogP contribution in [0.25, 0.3) is 0 Å². The molecule has 3 N–H and O–H groups in total. The number of carbonyl (C=O) groups is 3. The average molecular weight is 454 g/mol. The van der Waals surface area contributed by atoms with Gasteiger partial charge in [0.2, 0.25) is 12.3 Å². The zero-order valence-corrected chi connectivity index (χ0v) is 19.2. The Bertz CT molecular complexity index is 633. The molecule has 0 radical (unpaired) electrons. The fraction of sp³-hybridized carbons (Fsp3) is 0.870. The largest absolute Gasteiger partial charge is 0.446 e. The highest BCUT2D eigenvalue weighted by Crippen LogP contribution is 2.32. The van der Waals surface area contributed by atoms with Crippen LogP contribution in [0.4, 0.5) is 4.79 Å². The molecule has 1 saturated heterocycles. The maximum absolute atomic E-state index is 13.4. The summed E-state index contributed by atoms with van der Waals surface area (Å²) in [4.78, 5) is 38.2. The average Bonchev–Trinajstić information content (AvgIpc) is 3.46. The molecule has 0 spiro atoms. The second-order valence-electron chi connectivity index (χ2n) is 9.93. The van der Waals surface area contributed by atoms with Gasteiger partial charge in [-0.15, -0.1) is 0 Å². The summed E-state index contributed by atoms with van der Waals surface area (Å²) in [5.41, 5.74) is 0. The quantitative estimate of drug-likeness (QED) is 0.214. The van der Waals surface area contributed by atoms with Crippen molar-refractivity contribution in [3.8, 4) is 0 Å². The molecule has 0 aromatic rings. The Morgan fingerprint density at radius 2 is 1.81 bits per heavy atom. The summed E-state index contributed by atoms with van der Waals surface area (Å²) >= 11 is 0. The molecule has 32 heavy (non-hydrogen) atoms. The number of carbonyl (C=O) groups excluding carboxylic acids is 3. The van der Waals surface area contributed by atoms with E-state index in [2.05, 4.69) is 12.2 Å². The van der Waals surface area contributed by atoms with E-state index in [-0.39, 0.29) is 18.6 Å². The molecule has 3 fully saturated rings. The van der Waals surface area contributed by atoms with Crippen molar-refractivity contribution in [1.29, 1.82) is 0 Å². The Morgan fingerprint density at radius 3 is 2.47 bits per heavy atom. The molecule has 0 aromatic heterocycles. The van der Waals surface area contributed by atoms with Gasteiger partial charge in [-0.3, -0.25) is 20.1 Å². The second kappa shape index (κ2) is 11.8. The molecule has 0 bridgehead atoms. The number of hydrogen-bond donors (Lipinski definition) is 3. The van der Waals surface area contributed by atoms with Gasteiger partial charge in [0.25, 0.3) is 0 Å². The Hall–Kier alpha value is -1.87. The third-order valence-corrected chi connectivity index (χ3v) is 7.42. The molecule has 1 unspecified atom stereocenters. The Labute approximate surface area is 190 Å². The third kappa shape index (κ3) is 6.81. The van der Waals surface area contributed by atoms with E-state index in [4.69, 9.17) is 4.74 Å². The molecule has 0 aromatic carbocycles. The van der Waals surface area contributed by atoms with Crippen molar-refractivity contribution in [2.24, 2.45) is 17.8 Å². The van der Waals surface area contributed by atoms with Crippen LogP contribution in [-0.4, -0.2) is 70.2 Å². The standard InChI is InChI=1S/C23H39N3O6/c1-16-8-10-19(11-9-16)32-23(30)24-21(28)20-7-4-12-26(20)22(29)18(14-25(31)15-27)13-17-5-2-3-6-17/h15-21,28,31H,2-14H2,1H3,(H,24,30)/t16?,18-,19?,20+,21?/m1/s1. The van der Waals surface area contributed by atoms with E-state index in [0.29, 0.717) is 42.7 Å². The minimum atomic E-state index is -1.22. The Morgan fingerprint density at radius 1 is 1.12 bits per heavy atom. The molecule has 9 heteroatoms. The normalized spacial score (nSPS) is 28.2. The van der Waals surface area contributed by atoms with Gasteiger partial charge < -0.3 is 14.7 Å². The third-order valence-electron chi connectivity index (χ3n) is 7.42. The predicted octanol–water partition coefficient (Wildman–Crippen LogP) is 2.64. The summed E-state index contributed by atoms with van der Waals surface area (Å²) in [5, 5.41) is 23.5. The SMILES string of the molecule is CC1CCC(OC(=O)NC(O)[C@@H]2CCCN2C(=O)[C@H](CC2CCCC2)CN(O)C=O)CC1. The number of rotatable bonds is 9. The van der Waals surface area contributed by atoms with Crippen LogP contribution in [0.2, 0.25) is 0 Å². The molecule has 3 rings (SSSR count). The second-order valence-corrected chi connectivity index (χ2v) is 9.93. The van der Waals surface area contributed by atoms with Gasteiger partial charge >= 0.3 is 6.09 Å². The first-order valence-electron chi connectivity index (χ1n) is 12.2. The Balaban J connectivity index is 1.56. The maximum Gasteiger partial charge on any atom is 0.409 e. The van der Waals surface area contributed by atoms with E-state index in [1.807, 2.05) is 0 Å². The van der Waals surface area contributed by atoms with Crippen LogP contribution in [0, 0.1) is 17.8 Å². The van der Waals surface area contributed by atoms with E-state index in [1.54, 1.807) is 4.90 Å². The lowest BCUT2D eigenvalue weighted by molar-refractivity contribution is -0.158. The minimum absolute atomic E-state index is 0.0618. The van der Waals surface area contributed by atoms with Crippen molar-refractivity contribution in [2.45, 2.75) is 95.9 Å². The first-order valence-corrected chi connectivity index (χ1v) is 12.2. The van der Waals surface area contributed by atoms with Gasteiger partial charge in [-0.1, -0.05) is 32.6 Å². The molecule has 1 heterocycles. The Kier molecular flexibility index (Phi) is 9.16. The first kappa shape index (κ1) is 24.8. The maximum atomic E-state index is 13.4. The molecule has 2 saturated carbocycles. The van der Waals surface area contributed by atoms with Crippen molar-refractivity contribution in [3.63, 3.8) is 0 Å². The summed E-state index contributed by atoms with van der Waals surface area (Å²) in [7, 11) is 0. The van der Waals surface area contributed by atoms with E-state index in [9.17, 15) is 24.7 Å². The summed E-state index contributed by atoms with van der Waals surface area (Å²) in [6.45, 7) is 2.61. The van der Waals surface area contributed by atoms with Crippen LogP contribution < -0.4 is 5.32 Å². The summed E-state index contributed by atoms with van der Waals surface area (Å²) in [6, 6.07) is -0.545. The number of nitrogens with zero attached hydrogens (tertiary/aromatic N) is 2. The highest BCUT2D eigenvalue weighted by molar-refractivity contribution is 5.80. The van der Waals surface area contributed by atoms with Gasteiger partial charge in [0, 0.05) is 6.54 Å². The van der Waals surface area contributed by atoms with Crippen LogP contribution in [0.15, 0.2) is 0 Å². The lowest BCUT2D eigenvalue weighted by atomic mass is 9.89. The first-order chi connectivity index (χ1) is 15.4. The summed E-state index contributed by atoms with van der Waals surface area (Å²) in [5.74, 6) is 0.335. The number of aliphatic hydroxyl groups is 1.